The molecule has 0 heterocycles. The number of carbonyl (C=O) groups excluding carboxylic acids is 1. The molecule has 4 nitrogen and oxygen atoms in total. The largest absolute Gasteiger partial charge is 0.480 e. The first-order valence-electron chi connectivity index (χ1n) is 5.92. The van der Waals surface area contributed by atoms with E-state index in [1.54, 1.807) is 45.9 Å². The Hall–Kier alpha value is -1.55. The van der Waals surface area contributed by atoms with Crippen molar-refractivity contribution < 1.29 is 14.7 Å². The summed E-state index contributed by atoms with van der Waals surface area (Å²) in [6.07, 6.45) is 0. The second-order valence-electron chi connectivity index (χ2n) is 5.57. The van der Waals surface area contributed by atoms with E-state index in [4.69, 9.17) is 16.7 Å². The molecule has 5 heteroatoms. The first-order valence-corrected chi connectivity index (χ1v) is 6.30. The third-order valence-electron chi connectivity index (χ3n) is 2.81. The van der Waals surface area contributed by atoms with Gasteiger partial charge in [0.05, 0.1) is 0 Å². The zero-order valence-electron chi connectivity index (χ0n) is 11.5. The van der Waals surface area contributed by atoms with Gasteiger partial charge in [-0.25, -0.2) is 4.79 Å². The molecule has 1 amide bonds. The first kappa shape index (κ1) is 15.5. The topological polar surface area (TPSA) is 66.4 Å². The fraction of sp³-hybridized carbons (Fsp3) is 0.429. The molecule has 2 N–H and O–H groups in total. The van der Waals surface area contributed by atoms with Gasteiger partial charge in [0.2, 0.25) is 0 Å². The van der Waals surface area contributed by atoms with Crippen LogP contribution in [0.3, 0.4) is 0 Å². The Morgan fingerprint density at radius 2 is 1.89 bits per heavy atom. The highest BCUT2D eigenvalue weighted by molar-refractivity contribution is 6.31. The van der Waals surface area contributed by atoms with Gasteiger partial charge < -0.3 is 10.4 Å². The number of halogens is 1. The highest BCUT2D eigenvalue weighted by Crippen LogP contribution is 2.21. The monoisotopic (exact) mass is 283 g/mol. The van der Waals surface area contributed by atoms with Gasteiger partial charge >= 0.3 is 5.97 Å². The second-order valence-corrected chi connectivity index (χ2v) is 5.98. The van der Waals surface area contributed by atoms with Gasteiger partial charge in [0.25, 0.3) is 5.91 Å². The Morgan fingerprint density at radius 3 is 2.32 bits per heavy atom. The number of benzene rings is 1. The number of carboxylic acid groups (broad SMARTS) is 1. The molecule has 1 atom stereocenters. The van der Waals surface area contributed by atoms with Crippen molar-refractivity contribution in [2.24, 2.45) is 5.41 Å². The molecule has 104 valence electrons. The Balaban J connectivity index is 2.94. The molecule has 19 heavy (non-hydrogen) atoms. The number of amides is 1. The number of rotatable bonds is 3. The fourth-order valence-electron chi connectivity index (χ4n) is 1.65. The van der Waals surface area contributed by atoms with Crippen LogP contribution in [0.5, 0.6) is 0 Å². The van der Waals surface area contributed by atoms with E-state index in [1.807, 2.05) is 0 Å². The molecule has 1 aromatic rings. The molecule has 0 aliphatic carbocycles. The summed E-state index contributed by atoms with van der Waals surface area (Å²) >= 11 is 5.89. The summed E-state index contributed by atoms with van der Waals surface area (Å²) in [5, 5.41) is 12.3. The molecule has 0 spiro atoms. The highest BCUT2D eigenvalue weighted by Gasteiger charge is 2.32. The lowest BCUT2D eigenvalue weighted by molar-refractivity contribution is -0.142. The van der Waals surface area contributed by atoms with E-state index in [0.717, 1.165) is 5.56 Å². The van der Waals surface area contributed by atoms with Crippen molar-refractivity contribution in [2.75, 3.05) is 0 Å². The maximum atomic E-state index is 12.1. The zero-order valence-corrected chi connectivity index (χ0v) is 12.2. The number of aliphatic carboxylic acids is 1. The lowest BCUT2D eigenvalue weighted by Crippen LogP contribution is -2.49. The molecular formula is C14H18ClNO3. The van der Waals surface area contributed by atoms with E-state index in [2.05, 4.69) is 5.32 Å². The van der Waals surface area contributed by atoms with Crippen LogP contribution in [0.1, 0.15) is 36.7 Å². The van der Waals surface area contributed by atoms with Crippen molar-refractivity contribution in [1.82, 2.24) is 5.32 Å². The zero-order chi connectivity index (χ0) is 14.8. The molecule has 0 aromatic heterocycles. The predicted octanol–water partition coefficient (Wildman–Crippen LogP) is 2.88. The van der Waals surface area contributed by atoms with E-state index < -0.39 is 23.3 Å². The summed E-state index contributed by atoms with van der Waals surface area (Å²) in [6.45, 7) is 7.08. The fourth-order valence-corrected chi connectivity index (χ4v) is 1.77. The molecule has 0 aliphatic rings. The molecule has 0 fully saturated rings. The number of nitrogens with one attached hydrogen (secondary N) is 1. The summed E-state index contributed by atoms with van der Waals surface area (Å²) in [6, 6.07) is 3.89. The predicted molar refractivity (Wildman–Crippen MR) is 74.5 cm³/mol. The van der Waals surface area contributed by atoms with Crippen molar-refractivity contribution in [3.63, 3.8) is 0 Å². The van der Waals surface area contributed by atoms with E-state index in [9.17, 15) is 9.59 Å². The SMILES string of the molecule is Cc1cc(C(=O)NC(C(=O)O)C(C)(C)C)ccc1Cl. The van der Waals surface area contributed by atoms with Crippen LogP contribution in [0.15, 0.2) is 18.2 Å². The maximum Gasteiger partial charge on any atom is 0.326 e. The molecule has 1 unspecified atom stereocenters. The summed E-state index contributed by atoms with van der Waals surface area (Å²) in [5.74, 6) is -1.46. The number of hydrogen-bond donors (Lipinski definition) is 2. The van der Waals surface area contributed by atoms with E-state index in [-0.39, 0.29) is 0 Å². The highest BCUT2D eigenvalue weighted by atomic mass is 35.5. The van der Waals surface area contributed by atoms with Crippen LogP contribution < -0.4 is 5.32 Å². The number of aryl methyl sites for hydroxylation is 1. The van der Waals surface area contributed by atoms with Crippen LogP contribution in [-0.2, 0) is 4.79 Å². The van der Waals surface area contributed by atoms with E-state index in [0.29, 0.717) is 10.6 Å². The first-order chi connectivity index (χ1) is 8.62. The van der Waals surface area contributed by atoms with Crippen LogP contribution >= 0.6 is 11.6 Å². The van der Waals surface area contributed by atoms with Crippen LogP contribution in [-0.4, -0.2) is 23.0 Å². The smallest absolute Gasteiger partial charge is 0.326 e. The minimum absolute atomic E-state index is 0.400. The van der Waals surface area contributed by atoms with Crippen molar-refractivity contribution in [2.45, 2.75) is 33.7 Å². The molecule has 0 saturated carbocycles. The Kier molecular flexibility index (Phi) is 4.58. The lowest BCUT2D eigenvalue weighted by atomic mass is 9.86. The second kappa shape index (κ2) is 5.61. The van der Waals surface area contributed by atoms with Crippen molar-refractivity contribution in [3.05, 3.63) is 34.3 Å². The Labute approximate surface area is 117 Å². The molecule has 0 radical (unpaired) electrons. The molecular weight excluding hydrogens is 266 g/mol. The number of hydrogen-bond acceptors (Lipinski definition) is 2. The van der Waals surface area contributed by atoms with E-state index in [1.165, 1.54) is 0 Å². The average Bonchev–Trinajstić information content (AvgIpc) is 2.27. The minimum atomic E-state index is -1.05. The summed E-state index contributed by atoms with van der Waals surface area (Å²) < 4.78 is 0. The van der Waals surface area contributed by atoms with Crippen LogP contribution in [0.25, 0.3) is 0 Å². The van der Waals surface area contributed by atoms with Gasteiger partial charge in [-0.1, -0.05) is 32.4 Å². The van der Waals surface area contributed by atoms with Gasteiger partial charge in [-0.15, -0.1) is 0 Å². The minimum Gasteiger partial charge on any atom is -0.480 e. The van der Waals surface area contributed by atoms with Gasteiger partial charge in [0.15, 0.2) is 0 Å². The van der Waals surface area contributed by atoms with Crippen LogP contribution in [0.2, 0.25) is 5.02 Å². The van der Waals surface area contributed by atoms with Crippen molar-refractivity contribution in [3.8, 4) is 0 Å². The summed E-state index contributed by atoms with van der Waals surface area (Å²) in [7, 11) is 0. The quantitative estimate of drug-likeness (QED) is 0.896. The summed E-state index contributed by atoms with van der Waals surface area (Å²) in [4.78, 5) is 23.3. The standard InChI is InChI=1S/C14H18ClNO3/c1-8-7-9(5-6-10(8)15)12(17)16-11(13(18)19)14(2,3)4/h5-7,11H,1-4H3,(H,16,17)(H,18,19). The Bertz CT molecular complexity index is 506. The number of carbonyl (C=O) groups is 2. The van der Waals surface area contributed by atoms with Gasteiger partial charge in [-0.2, -0.15) is 0 Å². The van der Waals surface area contributed by atoms with Crippen molar-refractivity contribution in [1.29, 1.82) is 0 Å². The van der Waals surface area contributed by atoms with Crippen LogP contribution in [0.4, 0.5) is 0 Å². The third kappa shape index (κ3) is 3.96. The normalized spacial score (nSPS) is 12.9. The molecule has 1 aromatic carbocycles. The van der Waals surface area contributed by atoms with E-state index >= 15 is 0 Å². The average molecular weight is 284 g/mol. The molecule has 0 saturated heterocycles. The third-order valence-corrected chi connectivity index (χ3v) is 3.23. The Morgan fingerprint density at radius 1 is 1.32 bits per heavy atom. The van der Waals surface area contributed by atoms with Crippen LogP contribution in [0, 0.1) is 12.3 Å². The van der Waals surface area contributed by atoms with Crippen molar-refractivity contribution >= 4 is 23.5 Å². The maximum absolute atomic E-state index is 12.1. The molecule has 1 rings (SSSR count). The summed E-state index contributed by atoms with van der Waals surface area (Å²) in [5.41, 5.74) is 0.609. The number of carboxylic acids is 1. The van der Waals surface area contributed by atoms with Gasteiger partial charge in [0, 0.05) is 10.6 Å². The molecule has 0 bridgehead atoms. The van der Waals surface area contributed by atoms with Gasteiger partial charge in [0.1, 0.15) is 6.04 Å². The molecule has 0 aliphatic heterocycles. The lowest BCUT2D eigenvalue weighted by Gasteiger charge is -2.27. The van der Waals surface area contributed by atoms with Gasteiger partial charge in [-0.05, 0) is 36.1 Å². The van der Waals surface area contributed by atoms with Gasteiger partial charge in [-0.3, -0.25) is 4.79 Å².